The number of allylic oxidation sites excluding steroid dienone is 2. The quantitative estimate of drug-likeness (QED) is 0.276. The summed E-state index contributed by atoms with van der Waals surface area (Å²) in [5.41, 5.74) is 1.12. The molecule has 222 valence electrons. The van der Waals surface area contributed by atoms with Crippen molar-refractivity contribution in [2.24, 2.45) is 50.2 Å². The summed E-state index contributed by atoms with van der Waals surface area (Å²) >= 11 is 0. The van der Waals surface area contributed by atoms with Crippen LogP contribution in [0.2, 0.25) is 0 Å². The van der Waals surface area contributed by atoms with Gasteiger partial charge in [0, 0.05) is 11.3 Å². The number of benzene rings is 1. The Hall–Kier alpha value is -2.23. The van der Waals surface area contributed by atoms with Gasteiger partial charge in [0.25, 0.3) is 0 Å². The van der Waals surface area contributed by atoms with Gasteiger partial charge in [-0.2, -0.15) is 0 Å². The molecule has 4 nitrogen and oxygen atoms in total. The molecular weight excluding hydrogens is 508 g/mol. The summed E-state index contributed by atoms with van der Waals surface area (Å²) < 4.78 is 5.92. The molecule has 6 rings (SSSR count). The molecule has 4 fully saturated rings. The first kappa shape index (κ1) is 28.9. The predicted octanol–water partition coefficient (Wildman–Crippen LogP) is 8.28. The Kier molecular flexibility index (Phi) is 6.61. The number of carbonyl (C=O) groups excluding carboxylic acids is 3. The van der Waals surface area contributed by atoms with E-state index in [0.29, 0.717) is 6.61 Å². The van der Waals surface area contributed by atoms with Crippen LogP contribution in [-0.4, -0.2) is 18.0 Å². The van der Waals surface area contributed by atoms with Crippen LogP contribution in [0.1, 0.15) is 111 Å². The van der Waals surface area contributed by atoms with Crippen LogP contribution in [0.25, 0.3) is 0 Å². The highest BCUT2D eigenvalue weighted by atomic mass is 16.5. The zero-order valence-corrected chi connectivity index (χ0v) is 26.2. The van der Waals surface area contributed by atoms with Gasteiger partial charge in [-0.3, -0.25) is 9.59 Å². The molecule has 0 aliphatic heterocycles. The van der Waals surface area contributed by atoms with Gasteiger partial charge in [-0.25, -0.2) is 0 Å². The van der Waals surface area contributed by atoms with Gasteiger partial charge < -0.3 is 9.53 Å². The van der Waals surface area contributed by atoms with Crippen molar-refractivity contribution in [2.75, 3.05) is 0 Å². The lowest BCUT2D eigenvalue weighted by Crippen LogP contribution is -2.65. The van der Waals surface area contributed by atoms with Crippen molar-refractivity contribution in [1.82, 2.24) is 0 Å². The summed E-state index contributed by atoms with van der Waals surface area (Å²) in [5.74, 6) is 0.574. The smallest absolute Gasteiger partial charge is 0.312 e. The van der Waals surface area contributed by atoms with Crippen LogP contribution in [0.3, 0.4) is 0 Å². The molecule has 0 saturated heterocycles. The molecule has 1 aromatic carbocycles. The van der Waals surface area contributed by atoms with E-state index in [1.54, 1.807) is 0 Å². The van der Waals surface area contributed by atoms with Crippen molar-refractivity contribution in [3.05, 3.63) is 47.5 Å². The molecular formula is C37H50O4. The number of fused-ring (bicyclic) bond motifs is 7. The summed E-state index contributed by atoms with van der Waals surface area (Å²) in [7, 11) is 0. The Balaban J connectivity index is 1.34. The monoisotopic (exact) mass is 558 g/mol. The SMILES string of the molecule is C[C@]1(C(=O)OCc2ccccc2)CC[C@]2(C)CC[C@]3(C)C(=CC(=O)[C@@H]4[C@@]5(C)CCC[C@](C)(C=O)[C@@H]5CC[C@]43C)[C@@H]2C1. The van der Waals surface area contributed by atoms with Crippen molar-refractivity contribution >= 4 is 18.0 Å². The minimum atomic E-state index is -0.558. The van der Waals surface area contributed by atoms with Gasteiger partial charge in [0.1, 0.15) is 12.9 Å². The van der Waals surface area contributed by atoms with Gasteiger partial charge in [-0.15, -0.1) is 0 Å². The van der Waals surface area contributed by atoms with Crippen molar-refractivity contribution < 1.29 is 19.1 Å². The molecule has 4 saturated carbocycles. The molecule has 0 bridgehead atoms. The number of ether oxygens (including phenoxy) is 1. The molecule has 0 N–H and O–H groups in total. The fraction of sp³-hybridized carbons (Fsp3) is 0.703. The second-order valence-electron chi connectivity index (χ2n) is 16.3. The highest BCUT2D eigenvalue weighted by molar-refractivity contribution is 5.96. The lowest BCUT2D eigenvalue weighted by Gasteiger charge is -2.70. The highest BCUT2D eigenvalue weighted by Crippen LogP contribution is 2.75. The second-order valence-corrected chi connectivity index (χ2v) is 16.3. The normalized spacial score (nSPS) is 47.1. The fourth-order valence-electron chi connectivity index (χ4n) is 11.2. The fourth-order valence-corrected chi connectivity index (χ4v) is 11.2. The molecule has 5 aliphatic carbocycles. The van der Waals surface area contributed by atoms with Crippen molar-refractivity contribution in [3.63, 3.8) is 0 Å². The van der Waals surface area contributed by atoms with Crippen LogP contribution in [0.4, 0.5) is 0 Å². The molecule has 0 spiro atoms. The second kappa shape index (κ2) is 9.38. The first-order valence-electron chi connectivity index (χ1n) is 16.2. The number of aldehydes is 1. The van der Waals surface area contributed by atoms with Gasteiger partial charge in [0.15, 0.2) is 5.78 Å². The van der Waals surface area contributed by atoms with Gasteiger partial charge in [0.05, 0.1) is 5.41 Å². The third-order valence-corrected chi connectivity index (χ3v) is 14.0. The van der Waals surface area contributed by atoms with Gasteiger partial charge in [0.2, 0.25) is 0 Å². The average molecular weight is 559 g/mol. The predicted molar refractivity (Wildman–Crippen MR) is 161 cm³/mol. The molecule has 0 amide bonds. The molecule has 0 unspecified atom stereocenters. The molecule has 0 aromatic heterocycles. The lowest BCUT2D eigenvalue weighted by atomic mass is 9.33. The van der Waals surface area contributed by atoms with Gasteiger partial charge in [-0.05, 0) is 110 Å². The zero-order chi connectivity index (χ0) is 29.5. The minimum absolute atomic E-state index is 0.0581. The first-order chi connectivity index (χ1) is 19.2. The van der Waals surface area contributed by atoms with E-state index in [1.165, 1.54) is 11.9 Å². The number of hydrogen-bond acceptors (Lipinski definition) is 4. The highest BCUT2D eigenvalue weighted by Gasteiger charge is 2.70. The molecule has 5 aliphatic rings. The molecule has 4 heteroatoms. The summed E-state index contributed by atoms with van der Waals surface area (Å²) in [5, 5.41) is 0. The molecule has 41 heavy (non-hydrogen) atoms. The van der Waals surface area contributed by atoms with Crippen LogP contribution in [0.15, 0.2) is 42.0 Å². The number of carbonyl (C=O) groups is 3. The Morgan fingerprint density at radius 1 is 0.927 bits per heavy atom. The Morgan fingerprint density at radius 3 is 2.34 bits per heavy atom. The third-order valence-electron chi connectivity index (χ3n) is 14.0. The standard InChI is InChI=1S/C37H50O4/c1-32-17-18-33(2,31(40)41-23-25-11-8-7-9-12-25)22-27(32)26-21-28(39)30-35(4)15-10-14-34(3,24-38)29(35)13-16-37(30,6)36(26,5)20-19-32/h7-9,11-12,21,24,27,29-30H,10,13-20,22-23H2,1-6H3/t27-,29-,30+,32+,33-,34+,35-,36+,37+/m0/s1. The molecule has 9 atom stereocenters. The number of rotatable bonds is 4. The van der Waals surface area contributed by atoms with Gasteiger partial charge in [-0.1, -0.05) is 76.9 Å². The first-order valence-corrected chi connectivity index (χ1v) is 16.2. The van der Waals surface area contributed by atoms with Crippen LogP contribution in [0.5, 0.6) is 0 Å². The Bertz CT molecular complexity index is 1280. The maximum atomic E-state index is 14.5. The maximum absolute atomic E-state index is 14.5. The largest absolute Gasteiger partial charge is 0.460 e. The van der Waals surface area contributed by atoms with Crippen LogP contribution < -0.4 is 0 Å². The minimum Gasteiger partial charge on any atom is -0.460 e. The van der Waals surface area contributed by atoms with Crippen LogP contribution >= 0.6 is 0 Å². The van der Waals surface area contributed by atoms with Gasteiger partial charge >= 0.3 is 5.97 Å². The number of hydrogen-bond donors (Lipinski definition) is 0. The summed E-state index contributed by atoms with van der Waals surface area (Å²) in [6.45, 7) is 14.1. The average Bonchev–Trinajstić information content (AvgIpc) is 2.94. The summed E-state index contributed by atoms with van der Waals surface area (Å²) in [6.07, 6.45) is 13.0. The Morgan fingerprint density at radius 2 is 1.63 bits per heavy atom. The van der Waals surface area contributed by atoms with Crippen molar-refractivity contribution in [3.8, 4) is 0 Å². The van der Waals surface area contributed by atoms with E-state index in [9.17, 15) is 14.4 Å². The third kappa shape index (κ3) is 4.01. The molecule has 0 heterocycles. The number of esters is 1. The summed E-state index contributed by atoms with van der Waals surface area (Å²) in [4.78, 5) is 40.5. The van der Waals surface area contributed by atoms with E-state index in [1.807, 2.05) is 30.3 Å². The van der Waals surface area contributed by atoms with E-state index >= 15 is 0 Å². The Labute approximate surface area is 247 Å². The molecule has 1 aromatic rings. The van der Waals surface area contributed by atoms with Crippen LogP contribution in [-0.2, 0) is 25.7 Å². The van der Waals surface area contributed by atoms with Crippen molar-refractivity contribution in [1.29, 1.82) is 0 Å². The maximum Gasteiger partial charge on any atom is 0.312 e. The summed E-state index contributed by atoms with van der Waals surface area (Å²) in [6, 6.07) is 9.91. The zero-order valence-electron chi connectivity index (χ0n) is 26.2. The van der Waals surface area contributed by atoms with E-state index < -0.39 is 5.41 Å². The van der Waals surface area contributed by atoms with E-state index in [0.717, 1.165) is 69.8 Å². The topological polar surface area (TPSA) is 60.4 Å². The van der Waals surface area contributed by atoms with E-state index in [4.69, 9.17) is 4.74 Å². The van der Waals surface area contributed by atoms with Crippen LogP contribution in [0, 0.1) is 50.2 Å². The number of ketones is 1. The van der Waals surface area contributed by atoms with Crippen molar-refractivity contribution in [2.45, 2.75) is 112 Å². The van der Waals surface area contributed by atoms with E-state index in [-0.39, 0.29) is 56.6 Å². The van der Waals surface area contributed by atoms with E-state index in [2.05, 4.69) is 47.6 Å². The molecule has 0 radical (unpaired) electrons. The lowest BCUT2D eigenvalue weighted by molar-refractivity contribution is -0.187.